The van der Waals surface area contributed by atoms with E-state index in [-0.39, 0.29) is 19.6 Å². The van der Waals surface area contributed by atoms with Crippen molar-refractivity contribution in [3.8, 4) is 0 Å². The zero-order chi connectivity index (χ0) is 10.1. The lowest BCUT2D eigenvalue weighted by Gasteiger charge is -2.03. The molecule has 0 radical (unpaired) electrons. The quantitative estimate of drug-likeness (QED) is 0.338. The molecule has 0 amide bonds. The van der Waals surface area contributed by atoms with E-state index >= 15 is 0 Å². The van der Waals surface area contributed by atoms with Gasteiger partial charge in [0.25, 0.3) is 0 Å². The molecule has 0 N–H and O–H groups in total. The van der Waals surface area contributed by atoms with Crippen molar-refractivity contribution in [2.45, 2.75) is 13.3 Å². The summed E-state index contributed by atoms with van der Waals surface area (Å²) in [5.41, 5.74) is 0. The van der Waals surface area contributed by atoms with Gasteiger partial charge in [-0.15, -0.1) is 0 Å². The maximum Gasteiger partial charge on any atom is 0.317 e. The molecule has 0 aliphatic rings. The Morgan fingerprint density at radius 1 is 1.08 bits per heavy atom. The summed E-state index contributed by atoms with van der Waals surface area (Å²) in [6.45, 7) is 2.43. The van der Waals surface area contributed by atoms with Crippen molar-refractivity contribution >= 4 is 11.9 Å². The second kappa shape index (κ2) is 7.54. The number of methoxy groups -OCH3 is 1. The Kier molecular flexibility index (Phi) is 6.91. The van der Waals surface area contributed by atoms with Gasteiger partial charge in [-0.2, -0.15) is 0 Å². The fourth-order valence-corrected chi connectivity index (χ4v) is 0.620. The number of ether oxygens (including phenoxy) is 3. The highest BCUT2D eigenvalue weighted by atomic mass is 16.6. The van der Waals surface area contributed by atoms with Gasteiger partial charge in [-0.1, -0.05) is 0 Å². The van der Waals surface area contributed by atoms with E-state index in [9.17, 15) is 9.59 Å². The van der Waals surface area contributed by atoms with E-state index in [2.05, 4.69) is 14.2 Å². The number of carbonyl (C=O) groups excluding carboxylic acids is 2. The molecule has 0 bridgehead atoms. The van der Waals surface area contributed by atoms with Gasteiger partial charge in [-0.25, -0.2) is 0 Å². The zero-order valence-electron chi connectivity index (χ0n) is 7.87. The lowest BCUT2D eigenvalue weighted by atomic mass is 10.4. The highest BCUT2D eigenvalue weighted by Crippen LogP contribution is 1.90. The first-order valence-electron chi connectivity index (χ1n) is 4.00. The maximum atomic E-state index is 10.8. The van der Waals surface area contributed by atoms with E-state index in [4.69, 9.17) is 0 Å². The zero-order valence-corrected chi connectivity index (χ0v) is 7.87. The minimum absolute atomic E-state index is 0.161. The van der Waals surface area contributed by atoms with Crippen LogP contribution in [0, 0.1) is 0 Å². The molecule has 5 nitrogen and oxygen atoms in total. The minimum Gasteiger partial charge on any atom is -0.466 e. The minimum atomic E-state index is -0.587. The molecule has 0 saturated carbocycles. The van der Waals surface area contributed by atoms with Crippen molar-refractivity contribution in [1.82, 2.24) is 0 Å². The number of rotatable bonds is 6. The Hall–Kier alpha value is -1.10. The molecular weight excluding hydrogens is 176 g/mol. The molecule has 0 aromatic rings. The first kappa shape index (κ1) is 11.9. The Morgan fingerprint density at radius 3 is 2.23 bits per heavy atom. The number of hydrogen-bond acceptors (Lipinski definition) is 5. The van der Waals surface area contributed by atoms with Gasteiger partial charge in [0.2, 0.25) is 0 Å². The monoisotopic (exact) mass is 190 g/mol. The van der Waals surface area contributed by atoms with Crippen LogP contribution < -0.4 is 0 Å². The van der Waals surface area contributed by atoms with Gasteiger partial charge in [0.15, 0.2) is 0 Å². The average molecular weight is 190 g/mol. The predicted molar refractivity (Wildman–Crippen MR) is 44.1 cm³/mol. The largest absolute Gasteiger partial charge is 0.466 e. The highest BCUT2D eigenvalue weighted by Gasteiger charge is 2.10. The average Bonchev–Trinajstić information content (AvgIpc) is 2.05. The van der Waals surface area contributed by atoms with E-state index < -0.39 is 11.9 Å². The van der Waals surface area contributed by atoms with Crippen LogP contribution in [0.1, 0.15) is 13.3 Å². The molecule has 76 valence electrons. The van der Waals surface area contributed by atoms with Gasteiger partial charge in [-0.3, -0.25) is 9.59 Å². The van der Waals surface area contributed by atoms with Crippen molar-refractivity contribution in [2.75, 3.05) is 26.9 Å². The number of esters is 2. The van der Waals surface area contributed by atoms with Crippen LogP contribution in [0.2, 0.25) is 0 Å². The summed E-state index contributed by atoms with van der Waals surface area (Å²) in [5.74, 6) is -1.15. The van der Waals surface area contributed by atoms with Gasteiger partial charge in [0.05, 0.1) is 13.2 Å². The van der Waals surface area contributed by atoms with Gasteiger partial charge >= 0.3 is 11.9 Å². The van der Waals surface area contributed by atoms with Crippen molar-refractivity contribution in [3.63, 3.8) is 0 Å². The third-order valence-corrected chi connectivity index (χ3v) is 1.14. The summed E-state index contributed by atoms with van der Waals surface area (Å²) in [7, 11) is 1.50. The highest BCUT2D eigenvalue weighted by molar-refractivity contribution is 5.91. The first-order chi connectivity index (χ1) is 6.20. The molecule has 0 aromatic carbocycles. The lowest BCUT2D eigenvalue weighted by molar-refractivity contribution is -0.154. The van der Waals surface area contributed by atoms with Gasteiger partial charge in [0.1, 0.15) is 13.0 Å². The first-order valence-corrected chi connectivity index (χ1v) is 4.00. The molecule has 0 atom stereocenters. The molecular formula is C8H14O5. The van der Waals surface area contributed by atoms with Crippen LogP contribution in [-0.2, 0) is 23.8 Å². The van der Waals surface area contributed by atoms with Crippen LogP contribution >= 0.6 is 0 Å². The smallest absolute Gasteiger partial charge is 0.317 e. The summed E-state index contributed by atoms with van der Waals surface area (Å²) >= 11 is 0. The topological polar surface area (TPSA) is 61.8 Å². The Balaban J connectivity index is 3.44. The predicted octanol–water partition coefficient (Wildman–Crippen LogP) is 0.129. The molecule has 0 aromatic heterocycles. The molecule has 0 aliphatic carbocycles. The SMILES string of the molecule is CCOC(=O)CC(=O)OCCOC. The van der Waals surface area contributed by atoms with E-state index in [1.54, 1.807) is 6.92 Å². The van der Waals surface area contributed by atoms with Gasteiger partial charge < -0.3 is 14.2 Å². The van der Waals surface area contributed by atoms with Crippen molar-refractivity contribution in [2.24, 2.45) is 0 Å². The molecule has 0 unspecified atom stereocenters. The normalized spacial score (nSPS) is 9.38. The molecule has 0 fully saturated rings. The molecule has 0 rings (SSSR count). The molecule has 13 heavy (non-hydrogen) atoms. The van der Waals surface area contributed by atoms with Crippen LogP contribution in [0.4, 0.5) is 0 Å². The number of hydrogen-bond donors (Lipinski definition) is 0. The number of carbonyl (C=O) groups is 2. The van der Waals surface area contributed by atoms with Gasteiger partial charge in [-0.05, 0) is 6.92 Å². The Morgan fingerprint density at radius 2 is 1.69 bits per heavy atom. The fraction of sp³-hybridized carbons (Fsp3) is 0.750. The second-order valence-electron chi connectivity index (χ2n) is 2.20. The molecule has 0 heterocycles. The van der Waals surface area contributed by atoms with Crippen molar-refractivity contribution in [3.05, 3.63) is 0 Å². The van der Waals surface area contributed by atoms with Crippen LogP contribution in [0.3, 0.4) is 0 Å². The van der Waals surface area contributed by atoms with E-state index in [0.29, 0.717) is 6.61 Å². The summed E-state index contributed by atoms with van der Waals surface area (Å²) < 4.78 is 13.8. The Bertz CT molecular complexity index is 166. The van der Waals surface area contributed by atoms with Gasteiger partial charge in [0, 0.05) is 7.11 Å². The summed E-state index contributed by atoms with van der Waals surface area (Å²) in [4.78, 5) is 21.6. The fourth-order valence-electron chi connectivity index (χ4n) is 0.620. The lowest BCUT2D eigenvalue weighted by Crippen LogP contribution is -2.15. The molecule has 5 heteroatoms. The molecule has 0 aliphatic heterocycles. The van der Waals surface area contributed by atoms with E-state index in [1.807, 2.05) is 0 Å². The Labute approximate surface area is 77.0 Å². The molecule has 0 spiro atoms. The third kappa shape index (κ3) is 7.27. The van der Waals surface area contributed by atoms with Crippen molar-refractivity contribution in [1.29, 1.82) is 0 Å². The summed E-state index contributed by atoms with van der Waals surface area (Å²) in [6.07, 6.45) is -0.336. The van der Waals surface area contributed by atoms with Crippen molar-refractivity contribution < 1.29 is 23.8 Å². The second-order valence-corrected chi connectivity index (χ2v) is 2.20. The summed E-state index contributed by atoms with van der Waals surface area (Å²) in [6, 6.07) is 0. The van der Waals surface area contributed by atoms with E-state index in [0.717, 1.165) is 0 Å². The van der Waals surface area contributed by atoms with E-state index in [1.165, 1.54) is 7.11 Å². The van der Waals surface area contributed by atoms with Crippen LogP contribution in [0.15, 0.2) is 0 Å². The van der Waals surface area contributed by atoms with Crippen LogP contribution in [-0.4, -0.2) is 38.9 Å². The molecule has 0 saturated heterocycles. The standard InChI is InChI=1S/C8H14O5/c1-3-12-7(9)6-8(10)13-5-4-11-2/h3-6H2,1-2H3. The third-order valence-electron chi connectivity index (χ3n) is 1.14. The van der Waals surface area contributed by atoms with Crippen LogP contribution in [0.5, 0.6) is 0 Å². The summed E-state index contributed by atoms with van der Waals surface area (Å²) in [5, 5.41) is 0. The maximum absolute atomic E-state index is 10.8. The van der Waals surface area contributed by atoms with Crippen LogP contribution in [0.25, 0.3) is 0 Å².